The van der Waals surface area contributed by atoms with E-state index >= 15 is 0 Å². The lowest BCUT2D eigenvalue weighted by atomic mass is 10.1. The van der Waals surface area contributed by atoms with E-state index in [9.17, 15) is 14.4 Å². The monoisotopic (exact) mass is 469 g/mol. The van der Waals surface area contributed by atoms with E-state index in [2.05, 4.69) is 10.6 Å². The van der Waals surface area contributed by atoms with E-state index in [0.717, 1.165) is 4.90 Å². The number of thiocarbonyl (C=S) groups is 1. The van der Waals surface area contributed by atoms with Gasteiger partial charge in [0.1, 0.15) is 0 Å². The topological polar surface area (TPSA) is 78.5 Å². The van der Waals surface area contributed by atoms with Gasteiger partial charge in [-0.2, -0.15) is 0 Å². The first-order valence-electron chi connectivity index (χ1n) is 9.00. The van der Waals surface area contributed by atoms with E-state index in [0.29, 0.717) is 27.5 Å². The number of carbonyl (C=O) groups is 3. The van der Waals surface area contributed by atoms with Crippen molar-refractivity contribution >= 4 is 69.6 Å². The number of carbonyl (C=O) groups excluding carboxylic acids is 3. The predicted molar refractivity (Wildman–Crippen MR) is 124 cm³/mol. The molecule has 3 amide bonds. The van der Waals surface area contributed by atoms with Crippen molar-refractivity contribution in [1.29, 1.82) is 0 Å². The summed E-state index contributed by atoms with van der Waals surface area (Å²) in [7, 11) is 0. The SMILES string of the molecule is O=C(NC(=S)Nc1cccc(N2C(=O)c3ccccc3C2=O)c1)c1ccc(Cl)cc1Cl. The van der Waals surface area contributed by atoms with Gasteiger partial charge in [0.2, 0.25) is 0 Å². The van der Waals surface area contributed by atoms with Crippen molar-refractivity contribution in [2.45, 2.75) is 0 Å². The number of nitrogens with zero attached hydrogens (tertiary/aromatic N) is 1. The van der Waals surface area contributed by atoms with Crippen LogP contribution in [-0.2, 0) is 0 Å². The Balaban J connectivity index is 1.49. The van der Waals surface area contributed by atoms with E-state index < -0.39 is 17.7 Å². The van der Waals surface area contributed by atoms with Crippen molar-refractivity contribution in [2.24, 2.45) is 0 Å². The summed E-state index contributed by atoms with van der Waals surface area (Å²) in [5.74, 6) is -1.30. The van der Waals surface area contributed by atoms with Crippen LogP contribution in [0.2, 0.25) is 10.0 Å². The largest absolute Gasteiger partial charge is 0.332 e. The molecule has 3 aromatic carbocycles. The molecular weight excluding hydrogens is 457 g/mol. The van der Waals surface area contributed by atoms with Crippen molar-refractivity contribution < 1.29 is 14.4 Å². The predicted octanol–water partition coefficient (Wildman–Crippen LogP) is 4.92. The number of amides is 3. The van der Waals surface area contributed by atoms with Crippen LogP contribution >= 0.6 is 35.4 Å². The van der Waals surface area contributed by atoms with Gasteiger partial charge in [-0.15, -0.1) is 0 Å². The van der Waals surface area contributed by atoms with E-state index in [1.54, 1.807) is 54.6 Å². The van der Waals surface area contributed by atoms with Gasteiger partial charge in [-0.05, 0) is 60.7 Å². The third-order valence-electron chi connectivity index (χ3n) is 4.56. The summed E-state index contributed by atoms with van der Waals surface area (Å²) in [5, 5.41) is 6.03. The number of hydrogen-bond acceptors (Lipinski definition) is 4. The molecule has 0 atom stereocenters. The Morgan fingerprint density at radius 1 is 0.871 bits per heavy atom. The molecule has 0 spiro atoms. The van der Waals surface area contributed by atoms with Crippen LogP contribution in [-0.4, -0.2) is 22.8 Å². The maximum absolute atomic E-state index is 12.7. The van der Waals surface area contributed by atoms with Crippen molar-refractivity contribution in [3.63, 3.8) is 0 Å². The van der Waals surface area contributed by atoms with Crippen molar-refractivity contribution in [2.75, 3.05) is 10.2 Å². The van der Waals surface area contributed by atoms with E-state index in [4.69, 9.17) is 35.4 Å². The number of hydrogen-bond donors (Lipinski definition) is 2. The third kappa shape index (κ3) is 4.16. The lowest BCUT2D eigenvalue weighted by molar-refractivity contribution is 0.0924. The minimum Gasteiger partial charge on any atom is -0.332 e. The summed E-state index contributed by atoms with van der Waals surface area (Å²) >= 11 is 17.1. The zero-order valence-corrected chi connectivity index (χ0v) is 18.0. The Morgan fingerprint density at radius 3 is 2.19 bits per heavy atom. The molecule has 0 saturated heterocycles. The molecule has 4 rings (SSSR count). The Kier molecular flexibility index (Phi) is 5.73. The molecule has 0 unspecified atom stereocenters. The molecule has 31 heavy (non-hydrogen) atoms. The molecule has 0 aromatic heterocycles. The maximum Gasteiger partial charge on any atom is 0.266 e. The molecule has 1 heterocycles. The van der Waals surface area contributed by atoms with Crippen LogP contribution < -0.4 is 15.5 Å². The van der Waals surface area contributed by atoms with E-state index in [1.807, 2.05) is 0 Å². The average molecular weight is 470 g/mol. The smallest absolute Gasteiger partial charge is 0.266 e. The number of halogens is 2. The molecular formula is C22H13Cl2N3O3S. The minimum absolute atomic E-state index is 0.0236. The van der Waals surface area contributed by atoms with Crippen molar-refractivity contribution in [3.05, 3.63) is 93.5 Å². The zero-order valence-electron chi connectivity index (χ0n) is 15.7. The summed E-state index contributed by atoms with van der Waals surface area (Å²) < 4.78 is 0. The standard InChI is InChI=1S/C22H13Cl2N3O3S/c23-12-8-9-17(18(24)10-12)19(28)26-22(31)25-13-4-3-5-14(11-13)27-20(29)15-6-1-2-7-16(15)21(27)30/h1-11H,(H2,25,26,28,31). The molecule has 3 aromatic rings. The lowest BCUT2D eigenvalue weighted by Crippen LogP contribution is -2.34. The number of imide groups is 1. The summed E-state index contributed by atoms with van der Waals surface area (Å²) in [4.78, 5) is 38.9. The van der Waals surface area contributed by atoms with Crippen LogP contribution in [0.3, 0.4) is 0 Å². The number of fused-ring (bicyclic) bond motifs is 1. The highest BCUT2D eigenvalue weighted by atomic mass is 35.5. The summed E-state index contributed by atoms with van der Waals surface area (Å²) in [6.07, 6.45) is 0. The first-order valence-corrected chi connectivity index (χ1v) is 10.2. The molecule has 154 valence electrons. The first kappa shape index (κ1) is 21.0. The molecule has 6 nitrogen and oxygen atoms in total. The van der Waals surface area contributed by atoms with Gasteiger partial charge in [-0.25, -0.2) is 4.90 Å². The fourth-order valence-corrected chi connectivity index (χ4v) is 3.86. The lowest BCUT2D eigenvalue weighted by Gasteiger charge is -2.16. The molecule has 0 bridgehead atoms. The highest BCUT2D eigenvalue weighted by Crippen LogP contribution is 2.29. The fraction of sp³-hybridized carbons (Fsp3) is 0. The van der Waals surface area contributed by atoms with Gasteiger partial charge in [0.05, 0.1) is 27.4 Å². The van der Waals surface area contributed by atoms with Gasteiger partial charge < -0.3 is 5.32 Å². The number of rotatable bonds is 3. The van der Waals surface area contributed by atoms with Crippen molar-refractivity contribution in [3.8, 4) is 0 Å². The van der Waals surface area contributed by atoms with Gasteiger partial charge in [0.15, 0.2) is 5.11 Å². The van der Waals surface area contributed by atoms with Crippen LogP contribution in [0, 0.1) is 0 Å². The van der Waals surface area contributed by atoms with Crippen LogP contribution in [0.15, 0.2) is 66.7 Å². The highest BCUT2D eigenvalue weighted by molar-refractivity contribution is 7.80. The van der Waals surface area contributed by atoms with Gasteiger partial charge in [0.25, 0.3) is 17.7 Å². The normalized spacial score (nSPS) is 12.5. The summed E-state index contributed by atoms with van der Waals surface area (Å²) in [6.45, 7) is 0. The second kappa shape index (κ2) is 8.47. The number of nitrogens with one attached hydrogen (secondary N) is 2. The van der Waals surface area contributed by atoms with Gasteiger partial charge in [-0.3, -0.25) is 19.7 Å². The maximum atomic E-state index is 12.7. The Bertz CT molecular complexity index is 1230. The Morgan fingerprint density at radius 2 is 1.55 bits per heavy atom. The number of anilines is 2. The number of benzene rings is 3. The van der Waals surface area contributed by atoms with Crippen molar-refractivity contribution in [1.82, 2.24) is 5.32 Å². The second-order valence-electron chi connectivity index (χ2n) is 6.57. The van der Waals surface area contributed by atoms with Crippen LogP contribution in [0.4, 0.5) is 11.4 Å². The second-order valence-corrected chi connectivity index (χ2v) is 7.83. The molecule has 2 N–H and O–H groups in total. The Labute approximate surface area is 192 Å². The first-order chi connectivity index (χ1) is 14.8. The van der Waals surface area contributed by atoms with Crippen LogP contribution in [0.5, 0.6) is 0 Å². The quantitative estimate of drug-likeness (QED) is 0.420. The van der Waals surface area contributed by atoms with Gasteiger partial charge in [0, 0.05) is 10.7 Å². The van der Waals surface area contributed by atoms with Crippen LogP contribution in [0.25, 0.3) is 0 Å². The van der Waals surface area contributed by atoms with E-state index in [-0.39, 0.29) is 15.7 Å². The zero-order chi connectivity index (χ0) is 22.1. The van der Waals surface area contributed by atoms with Gasteiger partial charge in [-0.1, -0.05) is 41.4 Å². The summed E-state index contributed by atoms with van der Waals surface area (Å²) in [5.41, 5.74) is 1.80. The fourth-order valence-electron chi connectivity index (χ4n) is 3.15. The van der Waals surface area contributed by atoms with Gasteiger partial charge >= 0.3 is 0 Å². The Hall–Kier alpha value is -3.26. The minimum atomic E-state index is -0.504. The average Bonchev–Trinajstić information content (AvgIpc) is 2.98. The summed E-state index contributed by atoms with van der Waals surface area (Å²) in [6, 6.07) is 17.7. The molecule has 0 aliphatic carbocycles. The molecule has 0 saturated carbocycles. The molecule has 0 radical (unpaired) electrons. The van der Waals surface area contributed by atoms with E-state index in [1.165, 1.54) is 12.1 Å². The van der Waals surface area contributed by atoms with Crippen LogP contribution in [0.1, 0.15) is 31.1 Å². The highest BCUT2D eigenvalue weighted by Gasteiger charge is 2.36. The third-order valence-corrected chi connectivity index (χ3v) is 5.31. The molecule has 0 fully saturated rings. The molecule has 1 aliphatic rings. The molecule has 1 aliphatic heterocycles. The molecule has 9 heteroatoms.